The van der Waals surface area contributed by atoms with Gasteiger partial charge in [0.25, 0.3) is 0 Å². The van der Waals surface area contributed by atoms with Gasteiger partial charge >= 0.3 is 0 Å². The van der Waals surface area contributed by atoms with Gasteiger partial charge in [-0.15, -0.1) is 0 Å². The van der Waals surface area contributed by atoms with Crippen molar-refractivity contribution in [3.8, 4) is 0 Å². The van der Waals surface area contributed by atoms with E-state index < -0.39 is 0 Å². The van der Waals surface area contributed by atoms with Gasteiger partial charge in [-0.25, -0.2) is 0 Å². The summed E-state index contributed by atoms with van der Waals surface area (Å²) in [4.78, 5) is 15.3. The summed E-state index contributed by atoms with van der Waals surface area (Å²) < 4.78 is 0. The number of nitrogens with zero attached hydrogens (tertiary/aromatic N) is 2. The van der Waals surface area contributed by atoms with Crippen molar-refractivity contribution in [1.29, 1.82) is 0 Å². The van der Waals surface area contributed by atoms with Gasteiger partial charge in [-0.05, 0) is 13.8 Å². The minimum absolute atomic E-state index is 0.140. The Hall–Kier alpha value is -0.610. The lowest BCUT2D eigenvalue weighted by atomic mass is 10.1. The lowest BCUT2D eigenvalue weighted by Crippen LogP contribution is -2.53. The summed E-state index contributed by atoms with van der Waals surface area (Å²) in [5.74, 6) is 0.177. The molecule has 1 heterocycles. The van der Waals surface area contributed by atoms with Crippen LogP contribution in [-0.4, -0.2) is 54.0 Å². The molecule has 1 aliphatic heterocycles. The molecule has 1 rings (SSSR count). The molecule has 1 aliphatic rings. The van der Waals surface area contributed by atoms with Gasteiger partial charge in [0.2, 0.25) is 5.91 Å². The topological polar surface area (TPSA) is 49.6 Å². The fraction of sp³-hybridized carbons (Fsp3) is 0.900. The summed E-state index contributed by atoms with van der Waals surface area (Å²) in [5.41, 5.74) is 5.80. The van der Waals surface area contributed by atoms with Crippen LogP contribution in [0.2, 0.25) is 0 Å². The molecule has 4 heteroatoms. The molecular weight excluding hydrogens is 178 g/mol. The van der Waals surface area contributed by atoms with Crippen LogP contribution in [0.5, 0.6) is 0 Å². The number of amides is 1. The Labute approximate surface area is 86.0 Å². The first-order valence-corrected chi connectivity index (χ1v) is 5.15. The van der Waals surface area contributed by atoms with E-state index in [0.717, 1.165) is 32.7 Å². The van der Waals surface area contributed by atoms with Gasteiger partial charge in [0.1, 0.15) is 0 Å². The van der Waals surface area contributed by atoms with E-state index >= 15 is 0 Å². The van der Waals surface area contributed by atoms with Crippen molar-refractivity contribution in [3.05, 3.63) is 0 Å². The number of carbonyl (C=O) groups excluding carboxylic acids is 1. The van der Waals surface area contributed by atoms with Crippen molar-refractivity contribution in [1.82, 2.24) is 9.80 Å². The van der Waals surface area contributed by atoms with E-state index in [0.29, 0.717) is 0 Å². The number of carbonyl (C=O) groups is 1. The zero-order chi connectivity index (χ0) is 10.8. The molecule has 0 saturated carbocycles. The predicted octanol–water partition coefficient (Wildman–Crippen LogP) is -0.112. The first-order chi connectivity index (χ1) is 6.38. The van der Waals surface area contributed by atoms with Crippen LogP contribution in [0.4, 0.5) is 0 Å². The standard InChI is InChI=1S/C10H21N3O/c1-9(14)13-6-4-12(5-7-13)8-10(2,3)11/h4-8,11H2,1-3H3. The van der Waals surface area contributed by atoms with Crippen molar-refractivity contribution in [2.75, 3.05) is 32.7 Å². The molecule has 2 N–H and O–H groups in total. The third kappa shape index (κ3) is 3.64. The molecule has 0 aromatic rings. The summed E-state index contributed by atoms with van der Waals surface area (Å²) in [7, 11) is 0. The second-order valence-electron chi connectivity index (χ2n) is 4.77. The molecule has 0 atom stereocenters. The van der Waals surface area contributed by atoms with Gasteiger partial charge in [-0.2, -0.15) is 0 Å². The van der Waals surface area contributed by atoms with Crippen LogP contribution >= 0.6 is 0 Å². The largest absolute Gasteiger partial charge is 0.340 e. The molecule has 82 valence electrons. The van der Waals surface area contributed by atoms with Gasteiger partial charge in [0.15, 0.2) is 0 Å². The van der Waals surface area contributed by atoms with Gasteiger partial charge < -0.3 is 10.6 Å². The van der Waals surface area contributed by atoms with E-state index in [4.69, 9.17) is 5.73 Å². The van der Waals surface area contributed by atoms with E-state index in [-0.39, 0.29) is 11.4 Å². The molecule has 1 saturated heterocycles. The first kappa shape index (κ1) is 11.5. The Kier molecular flexibility index (Phi) is 3.50. The average molecular weight is 199 g/mol. The molecule has 1 amide bonds. The molecule has 1 fully saturated rings. The number of hydrogen-bond acceptors (Lipinski definition) is 3. The predicted molar refractivity (Wildman–Crippen MR) is 57.0 cm³/mol. The van der Waals surface area contributed by atoms with Crippen molar-refractivity contribution in [3.63, 3.8) is 0 Å². The van der Waals surface area contributed by atoms with E-state index in [1.165, 1.54) is 0 Å². The Morgan fingerprint density at radius 2 is 1.79 bits per heavy atom. The highest BCUT2D eigenvalue weighted by atomic mass is 16.2. The highest BCUT2D eigenvalue weighted by Crippen LogP contribution is 2.06. The lowest BCUT2D eigenvalue weighted by Gasteiger charge is -2.37. The van der Waals surface area contributed by atoms with Crippen molar-refractivity contribution in [2.45, 2.75) is 26.3 Å². The zero-order valence-corrected chi connectivity index (χ0v) is 9.42. The molecule has 4 nitrogen and oxygen atoms in total. The monoisotopic (exact) mass is 199 g/mol. The zero-order valence-electron chi connectivity index (χ0n) is 9.42. The van der Waals surface area contributed by atoms with Gasteiger partial charge in [-0.1, -0.05) is 0 Å². The van der Waals surface area contributed by atoms with E-state index in [2.05, 4.69) is 4.90 Å². The third-order valence-electron chi connectivity index (χ3n) is 2.45. The minimum atomic E-state index is -0.140. The van der Waals surface area contributed by atoms with Gasteiger partial charge in [-0.3, -0.25) is 9.69 Å². The Balaban J connectivity index is 2.33. The molecule has 0 aromatic heterocycles. The third-order valence-corrected chi connectivity index (χ3v) is 2.45. The van der Waals surface area contributed by atoms with Crippen molar-refractivity contribution in [2.24, 2.45) is 5.73 Å². The molecule has 0 aliphatic carbocycles. The number of piperazine rings is 1. The van der Waals surface area contributed by atoms with Crippen LogP contribution in [0.15, 0.2) is 0 Å². The molecular formula is C10H21N3O. The molecule has 0 radical (unpaired) electrons. The summed E-state index contributed by atoms with van der Waals surface area (Å²) in [6, 6.07) is 0. The Morgan fingerprint density at radius 3 is 2.14 bits per heavy atom. The Morgan fingerprint density at radius 1 is 1.29 bits per heavy atom. The molecule has 14 heavy (non-hydrogen) atoms. The number of hydrogen-bond donors (Lipinski definition) is 1. The second-order valence-corrected chi connectivity index (χ2v) is 4.77. The number of nitrogens with two attached hydrogens (primary N) is 1. The summed E-state index contributed by atoms with van der Waals surface area (Å²) in [6.45, 7) is 10.2. The van der Waals surface area contributed by atoms with Crippen molar-refractivity contribution < 1.29 is 4.79 Å². The maximum atomic E-state index is 11.1. The highest BCUT2D eigenvalue weighted by Gasteiger charge is 2.22. The second kappa shape index (κ2) is 4.28. The average Bonchev–Trinajstić information content (AvgIpc) is 2.02. The van der Waals surface area contributed by atoms with Gasteiger partial charge in [0, 0.05) is 45.2 Å². The van der Waals surface area contributed by atoms with E-state index in [1.807, 2.05) is 18.7 Å². The quantitative estimate of drug-likeness (QED) is 0.675. The normalized spacial score (nSPS) is 19.9. The fourth-order valence-corrected chi connectivity index (χ4v) is 1.80. The fourth-order valence-electron chi connectivity index (χ4n) is 1.80. The first-order valence-electron chi connectivity index (χ1n) is 5.15. The summed E-state index contributed by atoms with van der Waals surface area (Å²) in [6.07, 6.45) is 0. The van der Waals surface area contributed by atoms with Crippen LogP contribution in [0, 0.1) is 0 Å². The molecule has 0 unspecified atom stereocenters. The maximum absolute atomic E-state index is 11.1. The highest BCUT2D eigenvalue weighted by molar-refractivity contribution is 5.73. The van der Waals surface area contributed by atoms with Crippen LogP contribution in [-0.2, 0) is 4.79 Å². The van der Waals surface area contributed by atoms with Gasteiger partial charge in [0.05, 0.1) is 0 Å². The smallest absolute Gasteiger partial charge is 0.219 e. The minimum Gasteiger partial charge on any atom is -0.340 e. The molecule has 0 bridgehead atoms. The van der Waals surface area contributed by atoms with Crippen molar-refractivity contribution >= 4 is 5.91 Å². The van der Waals surface area contributed by atoms with Crippen LogP contribution < -0.4 is 5.73 Å². The SMILES string of the molecule is CC(=O)N1CCN(CC(C)(C)N)CC1. The number of rotatable bonds is 2. The maximum Gasteiger partial charge on any atom is 0.219 e. The van der Waals surface area contributed by atoms with E-state index in [9.17, 15) is 4.79 Å². The van der Waals surface area contributed by atoms with E-state index in [1.54, 1.807) is 6.92 Å². The molecule has 0 aromatic carbocycles. The molecule has 0 spiro atoms. The van der Waals surface area contributed by atoms with Crippen LogP contribution in [0.3, 0.4) is 0 Å². The summed E-state index contributed by atoms with van der Waals surface area (Å²) >= 11 is 0. The summed E-state index contributed by atoms with van der Waals surface area (Å²) in [5, 5.41) is 0. The van der Waals surface area contributed by atoms with Crippen LogP contribution in [0.25, 0.3) is 0 Å². The van der Waals surface area contributed by atoms with Crippen LogP contribution in [0.1, 0.15) is 20.8 Å². The lowest BCUT2D eigenvalue weighted by molar-refractivity contribution is -0.130. The Bertz CT molecular complexity index is 202.